The van der Waals surface area contributed by atoms with Crippen LogP contribution >= 0.6 is 23.2 Å². The Labute approximate surface area is 205 Å². The van der Waals surface area contributed by atoms with E-state index < -0.39 is 6.17 Å². The van der Waals surface area contributed by atoms with E-state index in [1.807, 2.05) is 12.1 Å². The first-order valence-corrected chi connectivity index (χ1v) is 12.2. The highest BCUT2D eigenvalue weighted by Gasteiger charge is 2.42. The topological polar surface area (TPSA) is 95.8 Å². The van der Waals surface area contributed by atoms with Crippen molar-refractivity contribution >= 4 is 51.1 Å². The molecule has 0 unspecified atom stereocenters. The lowest BCUT2D eigenvalue weighted by atomic mass is 9.77. The summed E-state index contributed by atoms with van der Waals surface area (Å²) in [6.07, 6.45) is 3.45. The van der Waals surface area contributed by atoms with Crippen LogP contribution in [0.4, 0.5) is 10.2 Å². The van der Waals surface area contributed by atoms with E-state index in [1.165, 1.54) is 0 Å². The van der Waals surface area contributed by atoms with Crippen LogP contribution in [0.2, 0.25) is 10.2 Å². The van der Waals surface area contributed by atoms with Gasteiger partial charge < -0.3 is 10.0 Å². The lowest BCUT2D eigenvalue weighted by Crippen LogP contribution is -2.40. The summed E-state index contributed by atoms with van der Waals surface area (Å²) in [7, 11) is 1.76. The van der Waals surface area contributed by atoms with Crippen molar-refractivity contribution in [3.8, 4) is 11.3 Å². The van der Waals surface area contributed by atoms with E-state index in [0.717, 1.165) is 32.4 Å². The molecule has 0 radical (unpaired) electrons. The molecule has 0 amide bonds. The predicted octanol–water partition coefficient (Wildman–Crippen LogP) is 4.81. The van der Waals surface area contributed by atoms with Crippen molar-refractivity contribution in [3.05, 3.63) is 28.0 Å². The van der Waals surface area contributed by atoms with Crippen LogP contribution in [0.15, 0.2) is 12.1 Å². The number of aromatic amines is 1. The SMILES string of the molecule is Cn1nc2ccc(-c3[nH]nc4nc(N5CCC6(CC[C@@H](F)C6)CC5)c(CO)nc34)c(Cl)c2c1Cl. The van der Waals surface area contributed by atoms with E-state index in [4.69, 9.17) is 33.2 Å². The van der Waals surface area contributed by atoms with Gasteiger partial charge in [0.25, 0.3) is 0 Å². The first-order valence-electron chi connectivity index (χ1n) is 11.4. The maximum Gasteiger partial charge on any atom is 0.202 e. The smallest absolute Gasteiger partial charge is 0.202 e. The number of aryl methyl sites for hydroxylation is 1. The molecule has 4 aromatic rings. The monoisotopic (exact) mass is 503 g/mol. The highest BCUT2D eigenvalue weighted by Crippen LogP contribution is 2.48. The van der Waals surface area contributed by atoms with Gasteiger partial charge in [-0.05, 0) is 49.7 Å². The summed E-state index contributed by atoms with van der Waals surface area (Å²) in [4.78, 5) is 11.6. The van der Waals surface area contributed by atoms with Gasteiger partial charge in [-0.15, -0.1) is 0 Å². The lowest BCUT2D eigenvalue weighted by Gasteiger charge is -2.40. The minimum Gasteiger partial charge on any atom is -0.390 e. The zero-order valence-corrected chi connectivity index (χ0v) is 20.2. The molecule has 8 nitrogen and oxygen atoms in total. The number of nitrogens with one attached hydrogen (secondary N) is 1. The molecule has 2 fully saturated rings. The number of hydrogen-bond acceptors (Lipinski definition) is 6. The first-order chi connectivity index (χ1) is 16.4. The van der Waals surface area contributed by atoms with Gasteiger partial charge in [-0.3, -0.25) is 9.78 Å². The standard InChI is InChI=1S/C23H24Cl2FN7O/c1-32-20(25)16-14(31-32)3-2-13(17(16)24)18-19-21(30-29-18)28-22(15(11-34)27-19)33-8-6-23(7-9-33)5-4-12(26)10-23/h2-3,12,34H,4-11H2,1H3,(H,28,29,30)/t12-/m1/s1. The number of piperidine rings is 1. The molecule has 2 aliphatic rings. The molecule has 1 atom stereocenters. The Hall–Kier alpha value is -2.49. The summed E-state index contributed by atoms with van der Waals surface area (Å²) in [5.74, 6) is 0.634. The second kappa shape index (κ2) is 8.03. The molecule has 1 saturated heterocycles. The van der Waals surface area contributed by atoms with E-state index >= 15 is 0 Å². The van der Waals surface area contributed by atoms with Gasteiger partial charge in [0, 0.05) is 25.7 Å². The molecule has 3 aromatic heterocycles. The molecule has 0 bridgehead atoms. The average Bonchev–Trinajstić information content (AvgIpc) is 3.49. The Morgan fingerprint density at radius 1 is 1.21 bits per heavy atom. The minimum absolute atomic E-state index is 0.106. The van der Waals surface area contributed by atoms with Crippen LogP contribution in [0.25, 0.3) is 33.3 Å². The number of aliphatic hydroxyl groups is 1. The van der Waals surface area contributed by atoms with Crippen LogP contribution in [0.1, 0.15) is 37.8 Å². The van der Waals surface area contributed by atoms with E-state index in [1.54, 1.807) is 11.7 Å². The third kappa shape index (κ3) is 3.36. The molecule has 34 heavy (non-hydrogen) atoms. The molecule has 4 heterocycles. The third-order valence-electron chi connectivity index (χ3n) is 7.49. The van der Waals surface area contributed by atoms with E-state index in [2.05, 4.69) is 20.2 Å². The average molecular weight is 504 g/mol. The van der Waals surface area contributed by atoms with Gasteiger partial charge >= 0.3 is 0 Å². The van der Waals surface area contributed by atoms with Crippen LogP contribution in [0, 0.1) is 5.41 Å². The van der Waals surface area contributed by atoms with Gasteiger partial charge in [-0.25, -0.2) is 14.4 Å². The van der Waals surface area contributed by atoms with Gasteiger partial charge in [-0.2, -0.15) is 10.2 Å². The zero-order chi connectivity index (χ0) is 23.6. The number of anilines is 1. The number of aromatic nitrogens is 6. The molecule has 6 rings (SSSR count). The summed E-state index contributed by atoms with van der Waals surface area (Å²) >= 11 is 13.1. The predicted molar refractivity (Wildman–Crippen MR) is 130 cm³/mol. The summed E-state index contributed by atoms with van der Waals surface area (Å²) in [6, 6.07) is 3.69. The fourth-order valence-corrected chi connectivity index (χ4v) is 6.22. The van der Waals surface area contributed by atoms with Crippen LogP contribution in [0.5, 0.6) is 0 Å². The fourth-order valence-electron chi connectivity index (χ4n) is 5.60. The molecule has 1 aliphatic carbocycles. The van der Waals surface area contributed by atoms with Crippen LogP contribution in [0.3, 0.4) is 0 Å². The molecule has 11 heteroatoms. The highest BCUT2D eigenvalue weighted by atomic mass is 35.5. The van der Waals surface area contributed by atoms with Crippen LogP contribution in [-0.4, -0.2) is 54.3 Å². The number of aliphatic hydroxyl groups excluding tert-OH is 1. The normalized spacial score (nSPS) is 20.3. The first kappa shape index (κ1) is 22.0. The van der Waals surface area contributed by atoms with Crippen molar-refractivity contribution in [3.63, 3.8) is 0 Å². The van der Waals surface area contributed by atoms with Crippen molar-refractivity contribution < 1.29 is 9.50 Å². The van der Waals surface area contributed by atoms with Gasteiger partial charge in [0.05, 0.1) is 28.2 Å². The van der Waals surface area contributed by atoms with E-state index in [-0.39, 0.29) is 12.0 Å². The Morgan fingerprint density at radius 2 is 2.00 bits per heavy atom. The van der Waals surface area contributed by atoms with Crippen molar-refractivity contribution in [2.24, 2.45) is 12.5 Å². The molecule has 1 aromatic carbocycles. The fraction of sp³-hybridized carbons (Fsp3) is 0.478. The van der Waals surface area contributed by atoms with Crippen molar-refractivity contribution in [2.75, 3.05) is 18.0 Å². The van der Waals surface area contributed by atoms with Crippen molar-refractivity contribution in [1.82, 2.24) is 29.9 Å². The number of rotatable bonds is 3. The molecule has 1 spiro atoms. The van der Waals surface area contributed by atoms with Crippen LogP contribution < -0.4 is 4.90 Å². The maximum absolute atomic E-state index is 13.8. The van der Waals surface area contributed by atoms with Crippen LogP contribution in [-0.2, 0) is 13.7 Å². The quantitative estimate of drug-likeness (QED) is 0.416. The molecular weight excluding hydrogens is 480 g/mol. The number of H-pyrrole nitrogens is 1. The van der Waals surface area contributed by atoms with Crippen molar-refractivity contribution in [1.29, 1.82) is 0 Å². The summed E-state index contributed by atoms with van der Waals surface area (Å²) < 4.78 is 15.4. The number of nitrogens with zero attached hydrogens (tertiary/aromatic N) is 6. The van der Waals surface area contributed by atoms with Gasteiger partial charge in [0.1, 0.15) is 22.5 Å². The second-order valence-corrected chi connectivity index (χ2v) is 10.2. The minimum atomic E-state index is -0.675. The number of benzene rings is 1. The van der Waals surface area contributed by atoms with E-state index in [9.17, 15) is 9.50 Å². The van der Waals surface area contributed by atoms with Crippen molar-refractivity contribution in [2.45, 2.75) is 44.9 Å². The second-order valence-electron chi connectivity index (χ2n) is 9.49. The Kier molecular flexibility index (Phi) is 5.20. The number of fused-ring (bicyclic) bond motifs is 2. The number of hydrogen-bond donors (Lipinski definition) is 2. The van der Waals surface area contributed by atoms with Gasteiger partial charge in [0.15, 0.2) is 5.82 Å². The lowest BCUT2D eigenvalue weighted by molar-refractivity contribution is 0.203. The molecule has 178 valence electrons. The number of halogens is 3. The largest absolute Gasteiger partial charge is 0.390 e. The van der Waals surface area contributed by atoms with Gasteiger partial charge in [0.2, 0.25) is 5.65 Å². The maximum atomic E-state index is 13.8. The number of alkyl halides is 1. The molecule has 2 N–H and O–H groups in total. The highest BCUT2D eigenvalue weighted by molar-refractivity contribution is 6.43. The summed E-state index contributed by atoms with van der Waals surface area (Å²) in [6.45, 7) is 1.27. The molecule has 1 aliphatic heterocycles. The summed E-state index contributed by atoms with van der Waals surface area (Å²) in [5, 5.41) is 23.4. The Balaban J connectivity index is 1.37. The molecular formula is C23H24Cl2FN7O. The third-order valence-corrected chi connectivity index (χ3v) is 8.32. The van der Waals surface area contributed by atoms with E-state index in [0.29, 0.717) is 67.9 Å². The zero-order valence-electron chi connectivity index (χ0n) is 18.7. The Morgan fingerprint density at radius 3 is 2.71 bits per heavy atom. The summed E-state index contributed by atoms with van der Waals surface area (Å²) in [5.41, 5.74) is 3.54. The Bertz CT molecular complexity index is 1410. The molecule has 1 saturated carbocycles. The van der Waals surface area contributed by atoms with Gasteiger partial charge in [-0.1, -0.05) is 23.2 Å².